The predicted molar refractivity (Wildman–Crippen MR) is 284 cm³/mol. The van der Waals surface area contributed by atoms with Crippen LogP contribution in [0.1, 0.15) is 0 Å². The Kier molecular flexibility index (Phi) is 8.96. The maximum Gasteiger partial charge on any atom is 0.253 e. The van der Waals surface area contributed by atoms with E-state index in [9.17, 15) is 0 Å². The molecule has 0 unspecified atom stereocenters. The summed E-state index contributed by atoms with van der Waals surface area (Å²) in [6.07, 6.45) is 0. The minimum Gasteiger partial charge on any atom is -0.458 e. The van der Waals surface area contributed by atoms with E-state index in [2.05, 4.69) is 240 Å². The van der Waals surface area contributed by atoms with Gasteiger partial charge in [-0.2, -0.15) is 0 Å². The summed E-state index contributed by atoms with van der Waals surface area (Å²) in [7, 11) is 0. The normalized spacial score (nSPS) is 13.3. The summed E-state index contributed by atoms with van der Waals surface area (Å²) in [5.41, 5.74) is 19.4. The van der Waals surface area contributed by atoms with Gasteiger partial charge in [0.1, 0.15) is 11.5 Å². The molecule has 10 aromatic carbocycles. The van der Waals surface area contributed by atoms with Gasteiger partial charge in [-0.05, 0) is 105 Å². The summed E-state index contributed by atoms with van der Waals surface area (Å²) in [6, 6.07) is 84.4. The van der Waals surface area contributed by atoms with Gasteiger partial charge in [0.25, 0.3) is 6.71 Å². The van der Waals surface area contributed by atoms with Crippen molar-refractivity contribution in [3.05, 3.63) is 231 Å². The maximum absolute atomic E-state index is 7.00. The number of anilines is 6. The molecular weight excluding hydrogens is 850 g/mol. The van der Waals surface area contributed by atoms with E-state index in [0.717, 1.165) is 34.2 Å². The average molecular weight is 889 g/mol. The maximum atomic E-state index is 7.00. The molecule has 0 atom stereocenters. The number of hydrogen-bond acceptors (Lipinski definition) is 5. The Balaban J connectivity index is 1.04. The molecule has 10 aromatic rings. The molecule has 0 bridgehead atoms. The molecule has 4 heterocycles. The molecule has 14 rings (SSSR count). The summed E-state index contributed by atoms with van der Waals surface area (Å²) in [6.45, 7) is 0.00776. The van der Waals surface area contributed by atoms with Crippen molar-refractivity contribution in [1.82, 2.24) is 0 Å². The second-order valence-corrected chi connectivity index (χ2v) is 19.7. The highest BCUT2D eigenvalue weighted by Gasteiger charge is 2.45. The number of fused-ring (bicyclic) bond motifs is 8. The first-order valence-electron chi connectivity index (χ1n) is 22.9. The lowest BCUT2D eigenvalue weighted by Crippen LogP contribution is -2.63. The molecule has 0 amide bonds. The minimum absolute atomic E-state index is 0.0213. The Bertz CT molecular complexity index is 3550. The van der Waals surface area contributed by atoms with Gasteiger partial charge in [-0.3, -0.25) is 0 Å². The van der Waals surface area contributed by atoms with Crippen molar-refractivity contribution in [2.45, 2.75) is 19.6 Å². The van der Waals surface area contributed by atoms with Crippen molar-refractivity contribution in [3.63, 3.8) is 0 Å². The number of rotatable bonds is 6. The lowest BCUT2D eigenvalue weighted by molar-refractivity contribution is 0.486. The second-order valence-electron chi connectivity index (χ2n) is 17.6. The van der Waals surface area contributed by atoms with E-state index in [1.165, 1.54) is 86.0 Å². The van der Waals surface area contributed by atoms with E-state index >= 15 is 0 Å². The van der Waals surface area contributed by atoms with Crippen LogP contribution in [-0.2, 0) is 0 Å². The molecule has 0 aromatic heterocycles. The molecule has 0 spiro atoms. The minimum atomic E-state index is -0.0213. The van der Waals surface area contributed by atoms with Gasteiger partial charge in [0, 0.05) is 54.0 Å². The van der Waals surface area contributed by atoms with E-state index in [1.54, 1.807) is 0 Å². The van der Waals surface area contributed by atoms with Gasteiger partial charge < -0.3 is 14.5 Å². The van der Waals surface area contributed by atoms with Crippen molar-refractivity contribution >= 4 is 104 Å². The molecule has 0 fully saturated rings. The zero-order chi connectivity index (χ0) is 44.0. The summed E-state index contributed by atoms with van der Waals surface area (Å²) >= 11 is 3.78. The van der Waals surface area contributed by atoms with Crippen LogP contribution < -0.4 is 47.3 Å². The van der Waals surface area contributed by atoms with Crippen molar-refractivity contribution in [1.29, 1.82) is 0 Å². The summed E-state index contributed by atoms with van der Waals surface area (Å²) in [4.78, 5) is 10.0. The SMILES string of the molecule is c1ccc(-c2cc3c4c(c2)N(c2ccccc2-c2ccccc2)c2cc5c(cc2B4c2ccccc2S3)B2c3ccccc3Oc3cc(N(c4ccccc4)c4ccccc4)cc(c32)S5)cc1. The van der Waals surface area contributed by atoms with Crippen LogP contribution in [0.4, 0.5) is 34.1 Å². The number of para-hydroxylation sites is 4. The van der Waals surface area contributed by atoms with Crippen LogP contribution in [0.5, 0.6) is 11.5 Å². The molecular formula is C60H38B2N2OS2. The standard InChI is InChI=1S/C60H38B2N2OS2/c1-5-19-39(20-6-1)41-33-52-59-57(34-41)66-55-32-18-15-29-47(55)62(59)48-37-49-56(38-51(48)64(52)50-30-16-13-27-45(50)40-21-7-2-8-22-40)67-58-36-44(35-54-60(58)61(49)46-28-14-17-31-53(46)65-54)63(42-23-9-3-10-24-42)43-25-11-4-12-26-43/h1-38H. The molecule has 0 saturated heterocycles. The fraction of sp³-hybridized carbons (Fsp3) is 0. The predicted octanol–water partition coefficient (Wildman–Crippen LogP) is 12.3. The average Bonchev–Trinajstić information content (AvgIpc) is 3.39. The highest BCUT2D eigenvalue weighted by molar-refractivity contribution is 8.00. The van der Waals surface area contributed by atoms with E-state index in [4.69, 9.17) is 4.74 Å². The molecule has 3 nitrogen and oxygen atoms in total. The lowest BCUT2D eigenvalue weighted by Gasteiger charge is -2.42. The third-order valence-corrected chi connectivity index (χ3v) is 16.1. The van der Waals surface area contributed by atoms with Crippen molar-refractivity contribution < 1.29 is 4.74 Å². The Morgan fingerprint density at radius 1 is 0.343 bits per heavy atom. The van der Waals surface area contributed by atoms with Crippen LogP contribution in [0.2, 0.25) is 0 Å². The smallest absolute Gasteiger partial charge is 0.253 e. The molecule has 4 aliphatic heterocycles. The number of benzene rings is 10. The Morgan fingerprint density at radius 2 is 0.940 bits per heavy atom. The van der Waals surface area contributed by atoms with Gasteiger partial charge >= 0.3 is 0 Å². The van der Waals surface area contributed by atoms with Crippen molar-refractivity contribution in [2.24, 2.45) is 0 Å². The summed E-state index contributed by atoms with van der Waals surface area (Å²) in [5, 5.41) is 0. The van der Waals surface area contributed by atoms with Gasteiger partial charge in [0.05, 0.1) is 11.4 Å². The van der Waals surface area contributed by atoms with Crippen LogP contribution in [0.25, 0.3) is 22.3 Å². The third-order valence-electron chi connectivity index (χ3n) is 13.8. The van der Waals surface area contributed by atoms with Crippen LogP contribution in [0, 0.1) is 0 Å². The summed E-state index contributed by atoms with van der Waals surface area (Å²) in [5.74, 6) is 1.81. The number of hydrogen-bond donors (Lipinski definition) is 0. The van der Waals surface area contributed by atoms with Crippen LogP contribution in [0.3, 0.4) is 0 Å². The molecule has 0 saturated carbocycles. The monoisotopic (exact) mass is 888 g/mol. The van der Waals surface area contributed by atoms with Gasteiger partial charge in [0.2, 0.25) is 6.71 Å². The fourth-order valence-electron chi connectivity index (χ4n) is 10.9. The molecule has 0 aliphatic carbocycles. The van der Waals surface area contributed by atoms with Gasteiger partial charge in [0.15, 0.2) is 0 Å². The van der Waals surface area contributed by atoms with Gasteiger partial charge in [-0.25, -0.2) is 0 Å². The first-order valence-corrected chi connectivity index (χ1v) is 24.5. The van der Waals surface area contributed by atoms with E-state index in [1.807, 2.05) is 23.5 Å². The molecule has 4 aliphatic rings. The topological polar surface area (TPSA) is 15.7 Å². The van der Waals surface area contributed by atoms with E-state index < -0.39 is 0 Å². The number of nitrogens with zero attached hydrogens (tertiary/aromatic N) is 2. The molecule has 67 heavy (non-hydrogen) atoms. The Labute approximate surface area is 399 Å². The third kappa shape index (κ3) is 6.19. The Morgan fingerprint density at radius 3 is 1.70 bits per heavy atom. The quantitative estimate of drug-likeness (QED) is 0.154. The zero-order valence-electron chi connectivity index (χ0n) is 36.2. The van der Waals surface area contributed by atoms with Gasteiger partial charge in [-0.1, -0.05) is 192 Å². The first kappa shape index (κ1) is 38.7. The largest absolute Gasteiger partial charge is 0.458 e. The summed E-state index contributed by atoms with van der Waals surface area (Å²) < 4.78 is 7.00. The fourth-order valence-corrected chi connectivity index (χ4v) is 13.4. The molecule has 312 valence electrons. The van der Waals surface area contributed by atoms with Crippen LogP contribution in [-0.4, -0.2) is 13.4 Å². The van der Waals surface area contributed by atoms with Crippen LogP contribution >= 0.6 is 23.5 Å². The molecule has 7 heteroatoms. The lowest BCUT2D eigenvalue weighted by atomic mass is 9.32. The van der Waals surface area contributed by atoms with Crippen molar-refractivity contribution in [2.75, 3.05) is 9.80 Å². The first-order chi connectivity index (χ1) is 33.2. The molecule has 0 N–H and O–H groups in total. The highest BCUT2D eigenvalue weighted by atomic mass is 32.2. The zero-order valence-corrected chi connectivity index (χ0v) is 37.8. The van der Waals surface area contributed by atoms with E-state index in [0.29, 0.717) is 0 Å². The van der Waals surface area contributed by atoms with Gasteiger partial charge in [-0.15, -0.1) is 0 Å². The second kappa shape index (κ2) is 15.5. The molecule has 0 radical (unpaired) electrons. The highest BCUT2D eigenvalue weighted by Crippen LogP contribution is 2.49. The van der Waals surface area contributed by atoms with E-state index in [-0.39, 0.29) is 13.4 Å². The van der Waals surface area contributed by atoms with Crippen molar-refractivity contribution in [3.8, 4) is 33.8 Å². The number of ether oxygens (including phenoxy) is 1. The van der Waals surface area contributed by atoms with Crippen LogP contribution in [0.15, 0.2) is 250 Å². The Hall–Kier alpha value is -7.57.